The third-order valence-corrected chi connectivity index (χ3v) is 16.2. The Balaban J connectivity index is 0.000000170. The number of nitrogens with zero attached hydrogens (tertiary/aromatic N) is 4. The lowest BCUT2D eigenvalue weighted by Crippen LogP contribution is -2.45. The first-order valence-electron chi connectivity index (χ1n) is 23.7. The number of rotatable bonds is 12. The number of nitrogens with two attached hydrogens (primary N) is 2. The Morgan fingerprint density at radius 1 is 0.618 bits per heavy atom. The van der Waals surface area contributed by atoms with Crippen molar-refractivity contribution in [2.24, 2.45) is 22.3 Å². The minimum atomic E-state index is -0.864. The van der Waals surface area contributed by atoms with E-state index in [9.17, 15) is 28.6 Å². The lowest BCUT2D eigenvalue weighted by atomic mass is 9.65. The Kier molecular flexibility index (Phi) is 12.2. The Hall–Kier alpha value is -6.50. The predicted molar refractivity (Wildman–Crippen MR) is 260 cm³/mol. The van der Waals surface area contributed by atoms with Crippen LogP contribution in [0.25, 0.3) is 23.5 Å². The fourth-order valence-electron chi connectivity index (χ4n) is 11.6. The zero-order valence-electron chi connectivity index (χ0n) is 39.2. The molecule has 10 rings (SSSR count). The first-order valence-corrected chi connectivity index (χ1v) is 23.7. The molecule has 6 atom stereocenters. The van der Waals surface area contributed by atoms with Crippen LogP contribution in [0.5, 0.6) is 0 Å². The van der Waals surface area contributed by atoms with E-state index in [0.29, 0.717) is 51.4 Å². The third kappa shape index (κ3) is 8.21. The number of hydrogen-bond acceptors (Lipinski definition) is 6. The number of amides is 2. The molecule has 2 heterocycles. The Morgan fingerprint density at radius 2 is 0.985 bits per heavy atom. The second kappa shape index (κ2) is 17.9. The zero-order chi connectivity index (χ0) is 48.2. The quantitative estimate of drug-likeness (QED) is 0.0957. The van der Waals surface area contributed by atoms with Gasteiger partial charge in [-0.1, -0.05) is 73.5 Å². The molecule has 2 unspecified atom stereocenters. The van der Waals surface area contributed by atoms with Crippen LogP contribution in [0.2, 0.25) is 0 Å². The summed E-state index contributed by atoms with van der Waals surface area (Å²) < 4.78 is 30.5. The van der Waals surface area contributed by atoms with E-state index < -0.39 is 11.2 Å². The van der Waals surface area contributed by atoms with Crippen molar-refractivity contribution in [3.63, 3.8) is 0 Å². The lowest BCUT2D eigenvalue weighted by molar-refractivity contribution is -0.119. The van der Waals surface area contributed by atoms with Gasteiger partial charge in [0, 0.05) is 10.8 Å². The van der Waals surface area contributed by atoms with Crippen LogP contribution in [-0.4, -0.2) is 52.8 Å². The Labute approximate surface area is 396 Å². The minimum absolute atomic E-state index is 0.275. The monoisotopic (exact) mass is 918 g/mol. The SMILES string of the molecule is CC(C(N)=O)c1ccccc1CC[C@]1(O)CCC2=Cc3c(cnn3-c3ccc(F)cc3)C[C@@]21C.CC(C(N)=O)c1ccccc1CC[C@]1(O)CCC2=Cc3c(cnn3-c3ccc(F)cc3)C[C@@]21C. The Morgan fingerprint density at radius 3 is 1.35 bits per heavy atom. The van der Waals surface area contributed by atoms with Crippen molar-refractivity contribution < 1.29 is 28.6 Å². The van der Waals surface area contributed by atoms with Crippen molar-refractivity contribution in [2.75, 3.05) is 0 Å². The fraction of sp³-hybridized carbons (Fsp3) is 0.357. The van der Waals surface area contributed by atoms with Gasteiger partial charge in [-0.3, -0.25) is 9.59 Å². The number of aromatic nitrogens is 4. The van der Waals surface area contributed by atoms with Gasteiger partial charge in [-0.25, -0.2) is 18.1 Å². The molecule has 2 fully saturated rings. The van der Waals surface area contributed by atoms with Crippen LogP contribution < -0.4 is 11.5 Å². The average molecular weight is 919 g/mol. The van der Waals surface area contributed by atoms with Gasteiger partial charge in [0.15, 0.2) is 0 Å². The smallest absolute Gasteiger partial charge is 0.224 e. The molecule has 0 saturated heterocycles. The van der Waals surface area contributed by atoms with Gasteiger partial charge in [0.05, 0.1) is 58.2 Å². The molecule has 0 aliphatic heterocycles. The summed E-state index contributed by atoms with van der Waals surface area (Å²) >= 11 is 0. The van der Waals surface area contributed by atoms with E-state index >= 15 is 0 Å². The molecule has 352 valence electrons. The average Bonchev–Trinajstić information content (AvgIpc) is 4.06. The highest BCUT2D eigenvalue weighted by Crippen LogP contribution is 2.58. The van der Waals surface area contributed by atoms with E-state index in [1.807, 2.05) is 84.1 Å². The molecule has 0 spiro atoms. The standard InChI is InChI=1S/2C28H30FN3O2/c2*1-18(26(30)33)24-6-4-3-5-19(24)11-13-28(34)14-12-21-15-25-20(16-27(21,28)2)17-31-32(25)23-9-7-22(29)8-10-23/h2*3-10,15,17-18,34H,11-14,16H2,1-2H3,(H2,30,33)/t2*18?,27-,28-/m00/s1. The van der Waals surface area contributed by atoms with Crippen molar-refractivity contribution in [3.05, 3.63) is 177 Å². The van der Waals surface area contributed by atoms with Crippen LogP contribution in [0.15, 0.2) is 121 Å². The van der Waals surface area contributed by atoms with Gasteiger partial charge < -0.3 is 21.7 Å². The molecular formula is C56H60F2N6O4. The summed E-state index contributed by atoms with van der Waals surface area (Å²) in [5, 5.41) is 33.0. The fourth-order valence-corrected chi connectivity index (χ4v) is 11.6. The number of benzene rings is 4. The maximum Gasteiger partial charge on any atom is 0.224 e. The van der Waals surface area contributed by atoms with Gasteiger partial charge in [-0.2, -0.15) is 10.2 Å². The van der Waals surface area contributed by atoms with Crippen LogP contribution in [0.4, 0.5) is 8.78 Å². The first kappa shape index (κ1) is 46.6. The molecular weight excluding hydrogens is 859 g/mol. The number of aryl methyl sites for hydroxylation is 2. The van der Waals surface area contributed by atoms with Crippen LogP contribution in [0, 0.1) is 22.5 Å². The van der Waals surface area contributed by atoms with Crippen molar-refractivity contribution in [1.29, 1.82) is 0 Å². The van der Waals surface area contributed by atoms with E-state index in [-0.39, 0.29) is 46.1 Å². The molecule has 2 saturated carbocycles. The molecule has 2 aromatic heterocycles. The Bertz CT molecular complexity index is 2760. The number of primary amides is 2. The summed E-state index contributed by atoms with van der Waals surface area (Å²) in [6, 6.07) is 28.4. The van der Waals surface area contributed by atoms with Crippen LogP contribution in [0.1, 0.15) is 123 Å². The topological polar surface area (TPSA) is 162 Å². The summed E-state index contributed by atoms with van der Waals surface area (Å²) in [5.74, 6) is -1.97. The van der Waals surface area contributed by atoms with E-state index in [2.05, 4.69) is 36.2 Å². The van der Waals surface area contributed by atoms with Crippen molar-refractivity contribution in [2.45, 2.75) is 115 Å². The van der Waals surface area contributed by atoms with Gasteiger partial charge >= 0.3 is 0 Å². The summed E-state index contributed by atoms with van der Waals surface area (Å²) in [4.78, 5) is 23.6. The summed E-state index contributed by atoms with van der Waals surface area (Å²) in [6.45, 7) is 7.97. The second-order valence-corrected chi connectivity index (χ2v) is 20.0. The molecule has 12 heteroatoms. The molecule has 10 nitrogen and oxygen atoms in total. The van der Waals surface area contributed by atoms with E-state index in [4.69, 9.17) is 11.5 Å². The first-order chi connectivity index (χ1) is 32.4. The van der Waals surface area contributed by atoms with Crippen LogP contribution in [-0.2, 0) is 35.3 Å². The molecule has 4 aliphatic carbocycles. The van der Waals surface area contributed by atoms with E-state index in [0.717, 1.165) is 69.0 Å². The number of hydrogen-bond donors (Lipinski definition) is 4. The molecule has 68 heavy (non-hydrogen) atoms. The molecule has 2 amide bonds. The molecule has 6 N–H and O–H groups in total. The highest BCUT2D eigenvalue weighted by molar-refractivity contribution is 5.82. The van der Waals surface area contributed by atoms with Gasteiger partial charge in [0.2, 0.25) is 11.8 Å². The highest BCUT2D eigenvalue weighted by Gasteiger charge is 2.56. The van der Waals surface area contributed by atoms with Gasteiger partial charge in [0.25, 0.3) is 0 Å². The second-order valence-electron chi connectivity index (χ2n) is 20.0. The van der Waals surface area contributed by atoms with E-state index in [1.54, 1.807) is 24.3 Å². The van der Waals surface area contributed by atoms with Crippen LogP contribution in [0.3, 0.4) is 0 Å². The number of carbonyl (C=O) groups excluding carboxylic acids is 2. The number of aliphatic hydroxyl groups is 2. The van der Waals surface area contributed by atoms with Crippen molar-refractivity contribution in [3.8, 4) is 11.4 Å². The lowest BCUT2D eigenvalue weighted by Gasteiger charge is -2.42. The van der Waals surface area contributed by atoms with E-state index in [1.165, 1.54) is 35.4 Å². The minimum Gasteiger partial charge on any atom is -0.389 e. The number of carbonyl (C=O) groups is 2. The van der Waals surface area contributed by atoms with Crippen LogP contribution >= 0.6 is 0 Å². The number of fused-ring (bicyclic) bond motifs is 4. The third-order valence-electron chi connectivity index (χ3n) is 16.2. The zero-order valence-corrected chi connectivity index (χ0v) is 39.2. The van der Waals surface area contributed by atoms with Crippen molar-refractivity contribution in [1.82, 2.24) is 19.6 Å². The summed E-state index contributed by atoms with van der Waals surface area (Å²) in [5.41, 5.74) is 20.9. The van der Waals surface area contributed by atoms with Gasteiger partial charge in [0.1, 0.15) is 11.6 Å². The molecule has 6 aromatic rings. The molecule has 0 bridgehead atoms. The number of halogens is 2. The predicted octanol–water partition coefficient (Wildman–Crippen LogP) is 9.41. The molecule has 4 aromatic carbocycles. The van der Waals surface area contributed by atoms with Crippen molar-refractivity contribution >= 4 is 24.0 Å². The maximum absolute atomic E-state index is 13.4. The maximum atomic E-state index is 13.4. The van der Waals surface area contributed by atoms with Gasteiger partial charge in [-0.05, 0) is 172 Å². The molecule has 0 radical (unpaired) electrons. The normalized spacial score (nSPS) is 24.3. The largest absolute Gasteiger partial charge is 0.389 e. The summed E-state index contributed by atoms with van der Waals surface area (Å²) in [6.07, 6.45) is 15.0. The highest BCUT2D eigenvalue weighted by atomic mass is 19.1. The summed E-state index contributed by atoms with van der Waals surface area (Å²) in [7, 11) is 0. The van der Waals surface area contributed by atoms with Gasteiger partial charge in [-0.15, -0.1) is 0 Å². The molecule has 4 aliphatic rings.